The van der Waals surface area contributed by atoms with Gasteiger partial charge in [-0.2, -0.15) is 5.48 Å². The minimum absolute atomic E-state index is 0.00983. The third kappa shape index (κ3) is 4.31. The first-order chi connectivity index (χ1) is 14.5. The van der Waals surface area contributed by atoms with E-state index >= 15 is 0 Å². The lowest BCUT2D eigenvalue weighted by Gasteiger charge is -2.22. The number of nitrogens with zero attached hydrogens (tertiary/aromatic N) is 1. The Morgan fingerprint density at radius 2 is 2.13 bits per heavy atom. The van der Waals surface area contributed by atoms with Crippen molar-refractivity contribution in [3.05, 3.63) is 35.5 Å². The zero-order valence-corrected chi connectivity index (χ0v) is 17.2. The Kier molecular flexibility index (Phi) is 6.01. The number of hydrogen-bond acceptors (Lipinski definition) is 7. The number of amides is 1. The number of nitrogens with one attached hydrogen (secondary N) is 5. The van der Waals surface area contributed by atoms with Gasteiger partial charge in [-0.25, -0.2) is 0 Å². The van der Waals surface area contributed by atoms with Crippen LogP contribution < -0.4 is 16.1 Å². The van der Waals surface area contributed by atoms with Crippen LogP contribution in [0.15, 0.2) is 29.3 Å². The zero-order chi connectivity index (χ0) is 21.1. The van der Waals surface area contributed by atoms with Gasteiger partial charge in [0.1, 0.15) is 5.69 Å². The van der Waals surface area contributed by atoms with Gasteiger partial charge in [-0.15, -0.1) is 0 Å². The number of H-pyrrole nitrogens is 1. The fraction of sp³-hybridized carbons (Fsp3) is 0.476. The van der Waals surface area contributed by atoms with Crippen LogP contribution in [-0.4, -0.2) is 55.5 Å². The van der Waals surface area contributed by atoms with Crippen LogP contribution in [0.1, 0.15) is 37.1 Å². The second-order valence-corrected chi connectivity index (χ2v) is 7.79. The van der Waals surface area contributed by atoms with Gasteiger partial charge in [0.05, 0.1) is 12.1 Å². The number of fused-ring (bicyclic) bond motifs is 1. The monoisotopic (exact) mass is 412 g/mol. The molecule has 4 rings (SSSR count). The highest BCUT2D eigenvalue weighted by Gasteiger charge is 2.30. The molecular formula is C21H28N6O3. The van der Waals surface area contributed by atoms with Gasteiger partial charge in [0.15, 0.2) is 5.84 Å². The number of hydrogen-bond donors (Lipinski definition) is 5. The zero-order valence-electron chi connectivity index (χ0n) is 17.2. The summed E-state index contributed by atoms with van der Waals surface area (Å²) in [4.78, 5) is 25.4. The smallest absolute Gasteiger partial charge is 0.286 e. The number of aliphatic imine (C=N–C) groups is 1. The van der Waals surface area contributed by atoms with E-state index in [4.69, 9.17) is 15.0 Å². The standard InChI is InChI=1S/C21H28N6O3/c1-12-18(27-20(25-12)21(28)24-11-13-5-7-29-8-6-13)14-3-4-16-15(9-14)10-17(26-16)19(22)30-23-2/h3-4,9-10,12-13,18,22-23,26H,5-8,11H2,1-2H3,(H,24,28)(H,25,27). The van der Waals surface area contributed by atoms with Gasteiger partial charge in [-0.3, -0.25) is 15.2 Å². The normalized spacial score (nSPS) is 21.9. The summed E-state index contributed by atoms with van der Waals surface area (Å²) < 4.78 is 5.37. The van der Waals surface area contributed by atoms with Crippen molar-refractivity contribution in [3.8, 4) is 0 Å². The molecule has 0 bridgehead atoms. The summed E-state index contributed by atoms with van der Waals surface area (Å²) in [5.41, 5.74) is 5.02. The molecule has 1 saturated heterocycles. The Morgan fingerprint density at radius 3 is 2.90 bits per heavy atom. The summed E-state index contributed by atoms with van der Waals surface area (Å²) in [6.07, 6.45) is 1.96. The third-order valence-electron chi connectivity index (χ3n) is 5.65. The highest BCUT2D eigenvalue weighted by atomic mass is 16.6. The second-order valence-electron chi connectivity index (χ2n) is 7.79. The van der Waals surface area contributed by atoms with Crippen LogP contribution in [0.25, 0.3) is 10.9 Å². The number of ether oxygens (including phenoxy) is 1. The van der Waals surface area contributed by atoms with Crippen molar-refractivity contribution in [2.24, 2.45) is 10.9 Å². The fourth-order valence-electron chi connectivity index (χ4n) is 3.96. The van der Waals surface area contributed by atoms with Crippen molar-refractivity contribution >= 4 is 28.5 Å². The Labute approximate surface area is 175 Å². The molecule has 2 aliphatic rings. The fourth-order valence-corrected chi connectivity index (χ4v) is 3.96. The molecule has 9 nitrogen and oxygen atoms in total. The quantitative estimate of drug-likeness (QED) is 0.280. The molecule has 0 saturated carbocycles. The molecule has 2 unspecified atom stereocenters. The number of benzene rings is 1. The lowest BCUT2D eigenvalue weighted by molar-refractivity contribution is -0.115. The average Bonchev–Trinajstić information content (AvgIpc) is 3.36. The lowest BCUT2D eigenvalue weighted by Crippen LogP contribution is -2.42. The number of rotatable bonds is 6. The Morgan fingerprint density at radius 1 is 1.33 bits per heavy atom. The van der Waals surface area contributed by atoms with Gasteiger partial charge in [0.25, 0.3) is 11.8 Å². The number of amidine groups is 1. The summed E-state index contributed by atoms with van der Waals surface area (Å²) in [5.74, 6) is 0.721. The van der Waals surface area contributed by atoms with Crippen molar-refractivity contribution in [1.82, 2.24) is 21.1 Å². The van der Waals surface area contributed by atoms with Gasteiger partial charge >= 0.3 is 0 Å². The van der Waals surface area contributed by atoms with E-state index < -0.39 is 0 Å². The minimum atomic E-state index is -0.154. The van der Waals surface area contributed by atoms with Crippen molar-refractivity contribution in [2.75, 3.05) is 26.8 Å². The summed E-state index contributed by atoms with van der Waals surface area (Å²) in [7, 11) is 1.61. The molecule has 9 heteroatoms. The van der Waals surface area contributed by atoms with E-state index in [0.29, 0.717) is 24.0 Å². The largest absolute Gasteiger partial charge is 0.387 e. The first kappa shape index (κ1) is 20.4. The predicted octanol–water partition coefficient (Wildman–Crippen LogP) is 1.62. The van der Waals surface area contributed by atoms with E-state index in [9.17, 15) is 4.79 Å². The molecule has 5 N–H and O–H groups in total. The maximum atomic E-state index is 12.6. The van der Waals surface area contributed by atoms with Gasteiger partial charge in [0.2, 0.25) is 0 Å². The van der Waals surface area contributed by atoms with Crippen molar-refractivity contribution in [2.45, 2.75) is 31.8 Å². The Balaban J connectivity index is 1.46. The number of aromatic amines is 1. The van der Waals surface area contributed by atoms with Gasteiger partial charge in [-0.1, -0.05) is 6.07 Å². The predicted molar refractivity (Wildman–Crippen MR) is 115 cm³/mol. The molecule has 1 aromatic carbocycles. The Bertz CT molecular complexity index is 963. The molecule has 0 radical (unpaired) electrons. The average molecular weight is 412 g/mol. The van der Waals surface area contributed by atoms with Gasteiger partial charge < -0.3 is 25.2 Å². The number of hydroxylamine groups is 1. The number of carbonyl (C=O) groups is 1. The highest BCUT2D eigenvalue weighted by Crippen LogP contribution is 2.29. The molecule has 1 aromatic heterocycles. The topological polar surface area (TPSA) is 124 Å². The molecule has 0 aliphatic carbocycles. The second kappa shape index (κ2) is 8.85. The van der Waals surface area contributed by atoms with E-state index in [1.54, 1.807) is 7.05 Å². The molecule has 2 atom stereocenters. The van der Waals surface area contributed by atoms with Gasteiger partial charge in [0, 0.05) is 37.7 Å². The molecule has 1 amide bonds. The van der Waals surface area contributed by atoms with Crippen LogP contribution in [0, 0.1) is 11.3 Å². The van der Waals surface area contributed by atoms with Crippen LogP contribution in [0.4, 0.5) is 0 Å². The SMILES string of the molecule is CNOC(=N)c1cc2cc(C3N=C(C(=O)NCC4CCOCC4)NC3C)ccc2[nH]1. The summed E-state index contributed by atoms with van der Waals surface area (Å²) in [6, 6.07) is 7.74. The van der Waals surface area contributed by atoms with Crippen molar-refractivity contribution in [3.63, 3.8) is 0 Å². The van der Waals surface area contributed by atoms with E-state index in [-0.39, 0.29) is 23.9 Å². The molecule has 0 spiro atoms. The summed E-state index contributed by atoms with van der Waals surface area (Å²) in [6.45, 7) is 4.21. The maximum Gasteiger partial charge on any atom is 0.286 e. The van der Waals surface area contributed by atoms with Gasteiger partial charge in [-0.05, 0) is 49.4 Å². The first-order valence-electron chi connectivity index (χ1n) is 10.3. The molecule has 3 heterocycles. The Hall–Kier alpha value is -2.91. The van der Waals surface area contributed by atoms with E-state index in [1.165, 1.54) is 0 Å². The van der Waals surface area contributed by atoms with E-state index in [2.05, 4.69) is 26.1 Å². The maximum absolute atomic E-state index is 12.6. The number of aromatic nitrogens is 1. The summed E-state index contributed by atoms with van der Waals surface area (Å²) >= 11 is 0. The minimum Gasteiger partial charge on any atom is -0.387 e. The van der Waals surface area contributed by atoms with Crippen LogP contribution in [-0.2, 0) is 14.4 Å². The number of carbonyl (C=O) groups excluding carboxylic acids is 1. The molecule has 160 valence electrons. The molecule has 2 aliphatic heterocycles. The third-order valence-corrected chi connectivity index (χ3v) is 5.65. The highest BCUT2D eigenvalue weighted by molar-refractivity contribution is 6.38. The van der Waals surface area contributed by atoms with E-state index in [1.807, 2.05) is 31.2 Å². The molecular weight excluding hydrogens is 384 g/mol. The molecule has 30 heavy (non-hydrogen) atoms. The molecule has 1 fully saturated rings. The van der Waals surface area contributed by atoms with Crippen molar-refractivity contribution in [1.29, 1.82) is 5.41 Å². The van der Waals surface area contributed by atoms with Crippen LogP contribution in [0.5, 0.6) is 0 Å². The molecule has 2 aromatic rings. The van der Waals surface area contributed by atoms with Crippen LogP contribution >= 0.6 is 0 Å². The summed E-state index contributed by atoms with van der Waals surface area (Å²) in [5, 5.41) is 15.1. The van der Waals surface area contributed by atoms with Crippen molar-refractivity contribution < 1.29 is 14.4 Å². The lowest BCUT2D eigenvalue weighted by atomic mass is 10.0. The van der Waals surface area contributed by atoms with Crippen LogP contribution in [0.3, 0.4) is 0 Å². The first-order valence-corrected chi connectivity index (χ1v) is 10.3. The van der Waals surface area contributed by atoms with Crippen LogP contribution in [0.2, 0.25) is 0 Å². The van der Waals surface area contributed by atoms with E-state index in [0.717, 1.165) is 42.5 Å².